The lowest BCUT2D eigenvalue weighted by Gasteiger charge is -2.04. The summed E-state index contributed by atoms with van der Waals surface area (Å²) in [6, 6.07) is 3.74. The highest BCUT2D eigenvalue weighted by Gasteiger charge is 2.08. The molecular weight excluding hydrogens is 228 g/mol. The number of aldehydes is 1. The zero-order valence-corrected chi connectivity index (χ0v) is 9.74. The molecule has 5 nitrogen and oxygen atoms in total. The number of rotatable bonds is 2. The highest BCUT2D eigenvalue weighted by molar-refractivity contribution is 5.86. The first-order valence-corrected chi connectivity index (χ1v) is 5.50. The van der Waals surface area contributed by atoms with Gasteiger partial charge in [-0.3, -0.25) is 14.3 Å². The van der Waals surface area contributed by atoms with Crippen LogP contribution in [0.4, 0.5) is 0 Å². The van der Waals surface area contributed by atoms with Gasteiger partial charge in [-0.1, -0.05) is 0 Å². The number of fused-ring (bicyclic) bond motifs is 1. The molecule has 0 fully saturated rings. The van der Waals surface area contributed by atoms with Crippen molar-refractivity contribution in [1.29, 1.82) is 0 Å². The molecule has 3 rings (SSSR count). The normalized spacial score (nSPS) is 10.7. The molecule has 0 unspecified atom stereocenters. The predicted octanol–water partition coefficient (Wildman–Crippen LogP) is 1.94. The van der Waals surface area contributed by atoms with Gasteiger partial charge in [0.1, 0.15) is 5.65 Å². The lowest BCUT2D eigenvalue weighted by Crippen LogP contribution is -1.99. The SMILES string of the molecule is Cc1nc2c(ccn2-c2cnccn2)cc1C=O. The molecule has 0 spiro atoms. The molecule has 0 radical (unpaired) electrons. The molecule has 0 saturated heterocycles. The molecule has 0 aromatic carbocycles. The Kier molecular flexibility index (Phi) is 2.37. The summed E-state index contributed by atoms with van der Waals surface area (Å²) in [7, 11) is 0. The Hall–Kier alpha value is -2.56. The van der Waals surface area contributed by atoms with Crippen LogP contribution in [0.2, 0.25) is 0 Å². The molecule has 3 heterocycles. The topological polar surface area (TPSA) is 60.7 Å². The first-order chi connectivity index (χ1) is 8.79. The molecule has 0 atom stereocenters. The number of hydrogen-bond acceptors (Lipinski definition) is 4. The van der Waals surface area contributed by atoms with Gasteiger partial charge in [0, 0.05) is 29.5 Å². The van der Waals surface area contributed by atoms with Crippen LogP contribution >= 0.6 is 0 Å². The molecule has 0 aliphatic heterocycles. The third-order valence-corrected chi connectivity index (χ3v) is 2.82. The second-order valence-corrected chi connectivity index (χ2v) is 3.94. The van der Waals surface area contributed by atoms with E-state index in [1.54, 1.807) is 18.6 Å². The lowest BCUT2D eigenvalue weighted by molar-refractivity contribution is 0.112. The fraction of sp³-hybridized carbons (Fsp3) is 0.0769. The number of aromatic nitrogens is 4. The van der Waals surface area contributed by atoms with E-state index in [-0.39, 0.29) is 0 Å². The fourth-order valence-corrected chi connectivity index (χ4v) is 1.89. The van der Waals surface area contributed by atoms with E-state index in [0.717, 1.165) is 17.3 Å². The molecule has 0 saturated carbocycles. The summed E-state index contributed by atoms with van der Waals surface area (Å²) in [5.41, 5.74) is 2.10. The van der Waals surface area contributed by atoms with Crippen molar-refractivity contribution in [1.82, 2.24) is 19.5 Å². The largest absolute Gasteiger partial charge is 0.298 e. The van der Waals surface area contributed by atoms with E-state index in [2.05, 4.69) is 15.0 Å². The molecule has 88 valence electrons. The Labute approximate surface area is 103 Å². The van der Waals surface area contributed by atoms with Crippen LogP contribution in [0.3, 0.4) is 0 Å². The van der Waals surface area contributed by atoms with Crippen molar-refractivity contribution in [2.75, 3.05) is 0 Å². The lowest BCUT2D eigenvalue weighted by atomic mass is 10.2. The van der Waals surface area contributed by atoms with Crippen LogP contribution in [0.25, 0.3) is 16.9 Å². The molecule has 18 heavy (non-hydrogen) atoms. The van der Waals surface area contributed by atoms with E-state index >= 15 is 0 Å². The number of hydrogen-bond donors (Lipinski definition) is 0. The smallest absolute Gasteiger partial charge is 0.156 e. The van der Waals surface area contributed by atoms with Crippen LogP contribution in [-0.2, 0) is 0 Å². The van der Waals surface area contributed by atoms with Crippen molar-refractivity contribution in [3.8, 4) is 5.82 Å². The van der Waals surface area contributed by atoms with E-state index < -0.39 is 0 Å². The first kappa shape index (κ1) is 10.6. The Balaban J connectivity index is 2.27. The summed E-state index contributed by atoms with van der Waals surface area (Å²) in [6.45, 7) is 1.82. The molecule has 0 aliphatic carbocycles. The van der Waals surface area contributed by atoms with Crippen LogP contribution in [0.1, 0.15) is 16.1 Å². The van der Waals surface area contributed by atoms with E-state index in [9.17, 15) is 4.79 Å². The van der Waals surface area contributed by atoms with E-state index in [4.69, 9.17) is 0 Å². The maximum atomic E-state index is 10.9. The Morgan fingerprint density at radius 3 is 2.94 bits per heavy atom. The number of pyridine rings is 1. The van der Waals surface area contributed by atoms with Gasteiger partial charge >= 0.3 is 0 Å². The van der Waals surface area contributed by atoms with Crippen LogP contribution in [0, 0.1) is 6.92 Å². The molecular formula is C13H10N4O. The molecule has 5 heteroatoms. The summed E-state index contributed by atoms with van der Waals surface area (Å²) in [4.78, 5) is 23.6. The first-order valence-electron chi connectivity index (χ1n) is 5.50. The third-order valence-electron chi connectivity index (χ3n) is 2.82. The quantitative estimate of drug-likeness (QED) is 0.640. The van der Waals surface area contributed by atoms with Crippen LogP contribution in [0.5, 0.6) is 0 Å². The predicted molar refractivity (Wildman–Crippen MR) is 66.8 cm³/mol. The minimum absolute atomic E-state index is 0.611. The van der Waals surface area contributed by atoms with E-state index in [1.165, 1.54) is 0 Å². The minimum atomic E-state index is 0.611. The average molecular weight is 238 g/mol. The summed E-state index contributed by atoms with van der Waals surface area (Å²) < 4.78 is 1.85. The van der Waals surface area contributed by atoms with Crippen molar-refractivity contribution in [3.05, 3.63) is 48.2 Å². The highest BCUT2D eigenvalue weighted by Crippen LogP contribution is 2.19. The molecule has 0 amide bonds. The van der Waals surface area contributed by atoms with Gasteiger partial charge in [-0.15, -0.1) is 0 Å². The maximum absolute atomic E-state index is 10.9. The highest BCUT2D eigenvalue weighted by atomic mass is 16.1. The van der Waals surface area contributed by atoms with Crippen molar-refractivity contribution in [2.45, 2.75) is 6.92 Å². The van der Waals surface area contributed by atoms with Gasteiger partial charge < -0.3 is 0 Å². The standard InChI is InChI=1S/C13H10N4O/c1-9-11(8-18)6-10-2-5-17(13(10)16-9)12-7-14-3-4-15-12/h2-8H,1H3. The second-order valence-electron chi connectivity index (χ2n) is 3.94. The van der Waals surface area contributed by atoms with Gasteiger partial charge in [0.05, 0.1) is 11.9 Å². The zero-order valence-electron chi connectivity index (χ0n) is 9.74. The second kappa shape index (κ2) is 4.03. The summed E-state index contributed by atoms with van der Waals surface area (Å²) in [5, 5.41) is 0.911. The van der Waals surface area contributed by atoms with Gasteiger partial charge in [-0.2, -0.15) is 0 Å². The zero-order chi connectivity index (χ0) is 12.5. The summed E-state index contributed by atoms with van der Waals surface area (Å²) in [5.74, 6) is 0.707. The maximum Gasteiger partial charge on any atom is 0.156 e. The van der Waals surface area contributed by atoms with Gasteiger partial charge in [-0.05, 0) is 19.1 Å². The van der Waals surface area contributed by atoms with Crippen molar-refractivity contribution >= 4 is 17.3 Å². The number of carbonyl (C=O) groups excluding carboxylic acids is 1. The summed E-state index contributed by atoms with van der Waals surface area (Å²) in [6.07, 6.45) is 7.62. The van der Waals surface area contributed by atoms with Crippen molar-refractivity contribution < 1.29 is 4.79 Å². The molecule has 3 aromatic rings. The summed E-state index contributed by atoms with van der Waals surface area (Å²) >= 11 is 0. The Morgan fingerprint density at radius 1 is 1.33 bits per heavy atom. The third kappa shape index (κ3) is 1.57. The van der Waals surface area contributed by atoms with Gasteiger partial charge in [0.2, 0.25) is 0 Å². The van der Waals surface area contributed by atoms with Gasteiger partial charge in [0.25, 0.3) is 0 Å². The fourth-order valence-electron chi connectivity index (χ4n) is 1.89. The van der Waals surface area contributed by atoms with Crippen LogP contribution in [-0.4, -0.2) is 25.8 Å². The minimum Gasteiger partial charge on any atom is -0.298 e. The van der Waals surface area contributed by atoms with E-state index in [0.29, 0.717) is 17.1 Å². The molecule has 0 bridgehead atoms. The number of nitrogens with zero attached hydrogens (tertiary/aromatic N) is 4. The molecule has 3 aromatic heterocycles. The Bertz CT molecular complexity index is 718. The number of aryl methyl sites for hydroxylation is 1. The number of carbonyl (C=O) groups is 1. The molecule has 0 N–H and O–H groups in total. The van der Waals surface area contributed by atoms with Crippen molar-refractivity contribution in [3.63, 3.8) is 0 Å². The van der Waals surface area contributed by atoms with Crippen LogP contribution < -0.4 is 0 Å². The molecule has 0 aliphatic rings. The Morgan fingerprint density at radius 2 is 2.22 bits per heavy atom. The monoisotopic (exact) mass is 238 g/mol. The van der Waals surface area contributed by atoms with Crippen LogP contribution in [0.15, 0.2) is 36.9 Å². The average Bonchev–Trinajstić information content (AvgIpc) is 2.81. The van der Waals surface area contributed by atoms with E-state index in [1.807, 2.05) is 29.8 Å². The van der Waals surface area contributed by atoms with Gasteiger partial charge in [0.15, 0.2) is 12.1 Å². The van der Waals surface area contributed by atoms with Crippen molar-refractivity contribution in [2.24, 2.45) is 0 Å². The van der Waals surface area contributed by atoms with Gasteiger partial charge in [-0.25, -0.2) is 9.97 Å².